The number of hydrogen-bond acceptors (Lipinski definition) is 1. The van der Waals surface area contributed by atoms with E-state index < -0.39 is 0 Å². The van der Waals surface area contributed by atoms with Crippen molar-refractivity contribution in [1.82, 2.24) is 0 Å². The predicted octanol–water partition coefficient (Wildman–Crippen LogP) is 4.33. The maximum Gasteiger partial charge on any atom is 0.123 e. The van der Waals surface area contributed by atoms with E-state index >= 15 is 0 Å². The SMILES string of the molecule is Cc1ccc(C)c(COc2ccc(F)cc2C)c1. The Bertz CT molecular complexity index is 561. The van der Waals surface area contributed by atoms with Crippen molar-refractivity contribution < 1.29 is 9.13 Å². The Hall–Kier alpha value is -1.83. The van der Waals surface area contributed by atoms with Gasteiger partial charge in [0, 0.05) is 0 Å². The van der Waals surface area contributed by atoms with E-state index in [2.05, 4.69) is 32.0 Å². The molecule has 2 aromatic rings. The first kappa shape index (κ1) is 12.6. The number of aryl methyl sites for hydroxylation is 3. The molecule has 0 heterocycles. The zero-order chi connectivity index (χ0) is 13.1. The van der Waals surface area contributed by atoms with Crippen LogP contribution in [0.4, 0.5) is 4.39 Å². The number of ether oxygens (including phenoxy) is 1. The van der Waals surface area contributed by atoms with E-state index in [4.69, 9.17) is 4.74 Å². The highest BCUT2D eigenvalue weighted by Gasteiger charge is 2.03. The minimum atomic E-state index is -0.230. The summed E-state index contributed by atoms with van der Waals surface area (Å²) >= 11 is 0. The van der Waals surface area contributed by atoms with Crippen LogP contribution in [0.25, 0.3) is 0 Å². The lowest BCUT2D eigenvalue weighted by molar-refractivity contribution is 0.302. The highest BCUT2D eigenvalue weighted by Crippen LogP contribution is 2.20. The molecule has 1 nitrogen and oxygen atoms in total. The van der Waals surface area contributed by atoms with Crippen molar-refractivity contribution in [2.45, 2.75) is 27.4 Å². The van der Waals surface area contributed by atoms with Crippen molar-refractivity contribution in [2.75, 3.05) is 0 Å². The predicted molar refractivity (Wildman–Crippen MR) is 71.4 cm³/mol. The average Bonchev–Trinajstić information content (AvgIpc) is 2.32. The summed E-state index contributed by atoms with van der Waals surface area (Å²) in [5.41, 5.74) is 4.41. The summed E-state index contributed by atoms with van der Waals surface area (Å²) in [6.45, 7) is 6.49. The standard InChI is InChI=1S/C16H17FO/c1-11-4-5-12(2)14(8-11)10-18-16-7-6-15(17)9-13(16)3/h4-9H,10H2,1-3H3. The van der Waals surface area contributed by atoms with Crippen LogP contribution in [0.2, 0.25) is 0 Å². The highest BCUT2D eigenvalue weighted by molar-refractivity contribution is 5.34. The van der Waals surface area contributed by atoms with E-state index in [1.165, 1.54) is 28.8 Å². The summed E-state index contributed by atoms with van der Waals surface area (Å²) in [5.74, 6) is 0.504. The third kappa shape index (κ3) is 2.89. The molecule has 0 bridgehead atoms. The van der Waals surface area contributed by atoms with Crippen molar-refractivity contribution in [2.24, 2.45) is 0 Å². The molecule has 2 aromatic carbocycles. The molecule has 0 saturated carbocycles. The molecule has 0 aliphatic rings. The molecule has 2 rings (SSSR count). The summed E-state index contributed by atoms with van der Waals surface area (Å²) in [6, 6.07) is 10.9. The van der Waals surface area contributed by atoms with Gasteiger partial charge in [-0.05, 0) is 55.7 Å². The zero-order valence-electron chi connectivity index (χ0n) is 11.0. The van der Waals surface area contributed by atoms with Gasteiger partial charge in [0.15, 0.2) is 0 Å². The van der Waals surface area contributed by atoms with Gasteiger partial charge in [-0.3, -0.25) is 0 Å². The molecule has 94 valence electrons. The van der Waals surface area contributed by atoms with E-state index in [-0.39, 0.29) is 5.82 Å². The van der Waals surface area contributed by atoms with Crippen LogP contribution in [0.1, 0.15) is 22.3 Å². The topological polar surface area (TPSA) is 9.23 Å². The van der Waals surface area contributed by atoms with E-state index in [0.29, 0.717) is 6.61 Å². The summed E-state index contributed by atoms with van der Waals surface area (Å²) < 4.78 is 18.7. The van der Waals surface area contributed by atoms with Gasteiger partial charge in [-0.2, -0.15) is 0 Å². The number of halogens is 1. The van der Waals surface area contributed by atoms with Crippen LogP contribution >= 0.6 is 0 Å². The summed E-state index contributed by atoms with van der Waals surface area (Å²) in [7, 11) is 0. The fourth-order valence-electron chi connectivity index (χ4n) is 1.89. The summed E-state index contributed by atoms with van der Waals surface area (Å²) in [4.78, 5) is 0. The smallest absolute Gasteiger partial charge is 0.123 e. The molecule has 0 atom stereocenters. The molecule has 0 aliphatic heterocycles. The molecule has 2 heteroatoms. The van der Waals surface area contributed by atoms with Gasteiger partial charge in [-0.1, -0.05) is 23.8 Å². The molecule has 0 unspecified atom stereocenters. The lowest BCUT2D eigenvalue weighted by Crippen LogP contribution is -2.00. The van der Waals surface area contributed by atoms with Crippen LogP contribution < -0.4 is 4.74 Å². The van der Waals surface area contributed by atoms with Crippen LogP contribution in [-0.2, 0) is 6.61 Å². The molecule has 0 spiro atoms. The van der Waals surface area contributed by atoms with Gasteiger partial charge in [-0.15, -0.1) is 0 Å². The van der Waals surface area contributed by atoms with E-state index in [1.807, 2.05) is 6.92 Å². The fourth-order valence-corrected chi connectivity index (χ4v) is 1.89. The second kappa shape index (κ2) is 5.21. The van der Waals surface area contributed by atoms with Crippen LogP contribution in [0.5, 0.6) is 5.75 Å². The average molecular weight is 244 g/mol. The highest BCUT2D eigenvalue weighted by atomic mass is 19.1. The second-order valence-corrected chi connectivity index (χ2v) is 4.63. The Morgan fingerprint density at radius 3 is 2.44 bits per heavy atom. The Balaban J connectivity index is 2.13. The quantitative estimate of drug-likeness (QED) is 0.780. The Kier molecular flexibility index (Phi) is 3.66. The first-order valence-corrected chi connectivity index (χ1v) is 6.01. The maximum atomic E-state index is 13.0. The van der Waals surface area contributed by atoms with Crippen molar-refractivity contribution in [3.8, 4) is 5.75 Å². The van der Waals surface area contributed by atoms with Crippen LogP contribution in [-0.4, -0.2) is 0 Å². The number of rotatable bonds is 3. The Labute approximate surface area is 107 Å². The molecule has 0 N–H and O–H groups in total. The summed E-state index contributed by atoms with van der Waals surface area (Å²) in [6.07, 6.45) is 0. The number of benzene rings is 2. The number of hydrogen-bond donors (Lipinski definition) is 0. The zero-order valence-corrected chi connectivity index (χ0v) is 11.0. The third-order valence-corrected chi connectivity index (χ3v) is 3.02. The fraction of sp³-hybridized carbons (Fsp3) is 0.250. The van der Waals surface area contributed by atoms with Crippen LogP contribution in [0, 0.1) is 26.6 Å². The van der Waals surface area contributed by atoms with E-state index in [9.17, 15) is 4.39 Å². The lowest BCUT2D eigenvalue weighted by Gasteiger charge is -2.11. The van der Waals surface area contributed by atoms with Gasteiger partial charge in [0.25, 0.3) is 0 Å². The normalized spacial score (nSPS) is 10.4. The molecule has 0 aliphatic carbocycles. The maximum absolute atomic E-state index is 13.0. The molecular weight excluding hydrogens is 227 g/mol. The minimum absolute atomic E-state index is 0.230. The Morgan fingerprint density at radius 1 is 0.944 bits per heavy atom. The lowest BCUT2D eigenvalue weighted by atomic mass is 10.1. The van der Waals surface area contributed by atoms with Gasteiger partial charge in [-0.25, -0.2) is 4.39 Å². The minimum Gasteiger partial charge on any atom is -0.489 e. The molecule has 0 amide bonds. The van der Waals surface area contributed by atoms with Crippen LogP contribution in [0.15, 0.2) is 36.4 Å². The molecular formula is C16H17FO. The second-order valence-electron chi connectivity index (χ2n) is 4.63. The monoisotopic (exact) mass is 244 g/mol. The molecule has 0 radical (unpaired) electrons. The van der Waals surface area contributed by atoms with Crippen molar-refractivity contribution in [1.29, 1.82) is 0 Å². The first-order valence-electron chi connectivity index (χ1n) is 6.01. The van der Waals surface area contributed by atoms with Gasteiger partial charge < -0.3 is 4.74 Å². The van der Waals surface area contributed by atoms with Crippen molar-refractivity contribution in [3.63, 3.8) is 0 Å². The largest absolute Gasteiger partial charge is 0.489 e. The van der Waals surface area contributed by atoms with Gasteiger partial charge >= 0.3 is 0 Å². The van der Waals surface area contributed by atoms with Gasteiger partial charge in [0.1, 0.15) is 18.2 Å². The molecule has 0 saturated heterocycles. The Morgan fingerprint density at radius 2 is 1.72 bits per heavy atom. The van der Waals surface area contributed by atoms with Crippen molar-refractivity contribution in [3.05, 3.63) is 64.5 Å². The van der Waals surface area contributed by atoms with Gasteiger partial charge in [0.2, 0.25) is 0 Å². The molecule has 18 heavy (non-hydrogen) atoms. The summed E-state index contributed by atoms with van der Waals surface area (Å²) in [5, 5.41) is 0. The molecule has 0 fully saturated rings. The van der Waals surface area contributed by atoms with E-state index in [1.54, 1.807) is 6.07 Å². The third-order valence-electron chi connectivity index (χ3n) is 3.02. The van der Waals surface area contributed by atoms with E-state index in [0.717, 1.165) is 11.3 Å². The first-order chi connectivity index (χ1) is 8.56. The molecule has 0 aromatic heterocycles. The van der Waals surface area contributed by atoms with Crippen LogP contribution in [0.3, 0.4) is 0 Å². The van der Waals surface area contributed by atoms with Crippen molar-refractivity contribution >= 4 is 0 Å². The van der Waals surface area contributed by atoms with Gasteiger partial charge in [0.05, 0.1) is 0 Å².